The molecule has 0 N–H and O–H groups in total. The third kappa shape index (κ3) is 1.73. The zero-order chi connectivity index (χ0) is 10.2. The Balaban J connectivity index is 2.00. The fourth-order valence-corrected chi connectivity index (χ4v) is 3.79. The minimum atomic E-state index is 0.607. The molecule has 0 aliphatic heterocycles. The van der Waals surface area contributed by atoms with Crippen LogP contribution in [0.1, 0.15) is 72.1 Å². The van der Waals surface area contributed by atoms with Crippen molar-refractivity contribution in [3.05, 3.63) is 0 Å². The van der Waals surface area contributed by atoms with Gasteiger partial charge in [-0.05, 0) is 36.0 Å². The third-order valence-corrected chi connectivity index (χ3v) is 5.38. The van der Waals surface area contributed by atoms with Gasteiger partial charge in [-0.2, -0.15) is 0 Å². The summed E-state index contributed by atoms with van der Waals surface area (Å²) in [7, 11) is 0. The molecule has 0 amide bonds. The van der Waals surface area contributed by atoms with Crippen molar-refractivity contribution in [2.75, 3.05) is 0 Å². The monoisotopic (exact) mass is 194 g/mol. The Morgan fingerprint density at radius 2 is 1.57 bits per heavy atom. The molecule has 82 valence electrons. The molecule has 0 aromatic carbocycles. The summed E-state index contributed by atoms with van der Waals surface area (Å²) in [5.41, 5.74) is 1.26. The predicted molar refractivity (Wildman–Crippen MR) is 62.3 cm³/mol. The minimum Gasteiger partial charge on any atom is -0.0594 e. The van der Waals surface area contributed by atoms with Crippen molar-refractivity contribution in [1.82, 2.24) is 0 Å². The molecule has 0 aromatic rings. The van der Waals surface area contributed by atoms with E-state index in [1.165, 1.54) is 51.4 Å². The van der Waals surface area contributed by atoms with Crippen LogP contribution in [-0.2, 0) is 0 Å². The molecule has 2 aliphatic carbocycles. The van der Waals surface area contributed by atoms with Gasteiger partial charge in [-0.25, -0.2) is 0 Å². The summed E-state index contributed by atoms with van der Waals surface area (Å²) in [5.74, 6) is 1.07. The molecule has 1 atom stereocenters. The molecule has 0 spiro atoms. The van der Waals surface area contributed by atoms with Crippen LogP contribution in [0.3, 0.4) is 0 Å². The highest BCUT2D eigenvalue weighted by Crippen LogP contribution is 2.56. The van der Waals surface area contributed by atoms with E-state index in [0.717, 1.165) is 5.92 Å². The van der Waals surface area contributed by atoms with E-state index in [4.69, 9.17) is 0 Å². The molecule has 0 nitrogen and oxygen atoms in total. The first-order valence-corrected chi connectivity index (χ1v) is 6.54. The van der Waals surface area contributed by atoms with E-state index >= 15 is 0 Å². The van der Waals surface area contributed by atoms with E-state index in [-0.39, 0.29) is 0 Å². The first-order valence-electron chi connectivity index (χ1n) is 6.54. The Morgan fingerprint density at radius 3 is 2.07 bits per heavy atom. The van der Waals surface area contributed by atoms with Crippen LogP contribution in [0, 0.1) is 16.7 Å². The summed E-state index contributed by atoms with van der Waals surface area (Å²) in [6, 6.07) is 0. The lowest BCUT2D eigenvalue weighted by Gasteiger charge is -2.40. The molecule has 2 fully saturated rings. The average Bonchev–Trinajstić information content (AvgIpc) is 2.63. The SMILES string of the molecule is CC1(C)CCCC1(C)CC1CCCC1. The fourth-order valence-electron chi connectivity index (χ4n) is 3.79. The molecule has 14 heavy (non-hydrogen) atoms. The van der Waals surface area contributed by atoms with Crippen LogP contribution < -0.4 is 0 Å². The van der Waals surface area contributed by atoms with Crippen molar-refractivity contribution < 1.29 is 0 Å². The van der Waals surface area contributed by atoms with Gasteiger partial charge < -0.3 is 0 Å². The van der Waals surface area contributed by atoms with Crippen LogP contribution in [-0.4, -0.2) is 0 Å². The third-order valence-electron chi connectivity index (χ3n) is 5.38. The van der Waals surface area contributed by atoms with Crippen molar-refractivity contribution in [3.8, 4) is 0 Å². The van der Waals surface area contributed by atoms with E-state index < -0.39 is 0 Å². The van der Waals surface area contributed by atoms with Crippen LogP contribution in [0.2, 0.25) is 0 Å². The van der Waals surface area contributed by atoms with Crippen molar-refractivity contribution in [2.24, 2.45) is 16.7 Å². The molecule has 0 aromatic heterocycles. The van der Waals surface area contributed by atoms with Gasteiger partial charge in [0.2, 0.25) is 0 Å². The molecule has 0 saturated heterocycles. The number of rotatable bonds is 2. The molecule has 2 saturated carbocycles. The maximum atomic E-state index is 2.55. The Labute approximate surface area is 89.5 Å². The lowest BCUT2D eigenvalue weighted by molar-refractivity contribution is 0.0961. The normalized spacial score (nSPS) is 37.9. The summed E-state index contributed by atoms with van der Waals surface area (Å²) < 4.78 is 0. The van der Waals surface area contributed by atoms with Crippen LogP contribution in [0.5, 0.6) is 0 Å². The van der Waals surface area contributed by atoms with E-state index in [2.05, 4.69) is 20.8 Å². The standard InChI is InChI=1S/C14H26/c1-13(2)9-6-10-14(13,3)11-12-7-4-5-8-12/h12H,4-11H2,1-3H3. The van der Waals surface area contributed by atoms with Gasteiger partial charge in [0.15, 0.2) is 0 Å². The summed E-state index contributed by atoms with van der Waals surface area (Å²) >= 11 is 0. The van der Waals surface area contributed by atoms with Crippen LogP contribution in [0.15, 0.2) is 0 Å². The van der Waals surface area contributed by atoms with Gasteiger partial charge in [-0.3, -0.25) is 0 Å². The summed E-state index contributed by atoms with van der Waals surface area (Å²) in [6.07, 6.45) is 12.0. The minimum absolute atomic E-state index is 0.607. The Hall–Kier alpha value is 0. The molecule has 0 heteroatoms. The molecule has 2 aliphatic rings. The smallest absolute Gasteiger partial charge is 0.0272 e. The van der Waals surface area contributed by atoms with Gasteiger partial charge >= 0.3 is 0 Å². The van der Waals surface area contributed by atoms with Crippen molar-refractivity contribution in [3.63, 3.8) is 0 Å². The van der Waals surface area contributed by atoms with E-state index in [0.29, 0.717) is 10.8 Å². The van der Waals surface area contributed by atoms with E-state index in [9.17, 15) is 0 Å². The first-order chi connectivity index (χ1) is 6.54. The molecule has 0 radical (unpaired) electrons. The summed E-state index contributed by atoms with van der Waals surface area (Å²) in [6.45, 7) is 7.54. The fraction of sp³-hybridized carbons (Fsp3) is 1.00. The van der Waals surface area contributed by atoms with Gasteiger partial charge in [-0.15, -0.1) is 0 Å². The summed E-state index contributed by atoms with van der Waals surface area (Å²) in [4.78, 5) is 0. The van der Waals surface area contributed by atoms with Crippen LogP contribution in [0.25, 0.3) is 0 Å². The average molecular weight is 194 g/mol. The Bertz CT molecular complexity index is 198. The Morgan fingerprint density at radius 1 is 0.929 bits per heavy atom. The van der Waals surface area contributed by atoms with Gasteiger partial charge in [-0.1, -0.05) is 52.9 Å². The van der Waals surface area contributed by atoms with Crippen LogP contribution in [0.4, 0.5) is 0 Å². The second-order valence-electron chi connectivity index (χ2n) is 6.65. The molecule has 0 heterocycles. The van der Waals surface area contributed by atoms with E-state index in [1.807, 2.05) is 0 Å². The van der Waals surface area contributed by atoms with Gasteiger partial charge in [0.05, 0.1) is 0 Å². The van der Waals surface area contributed by atoms with E-state index in [1.54, 1.807) is 0 Å². The quantitative estimate of drug-likeness (QED) is 0.593. The van der Waals surface area contributed by atoms with Crippen molar-refractivity contribution >= 4 is 0 Å². The second kappa shape index (κ2) is 3.54. The van der Waals surface area contributed by atoms with Crippen LogP contribution >= 0.6 is 0 Å². The highest BCUT2D eigenvalue weighted by molar-refractivity contribution is 4.96. The Kier molecular flexibility index (Phi) is 2.66. The molecular formula is C14H26. The topological polar surface area (TPSA) is 0 Å². The zero-order valence-electron chi connectivity index (χ0n) is 10.2. The predicted octanol–water partition coefficient (Wildman–Crippen LogP) is 4.78. The highest BCUT2D eigenvalue weighted by atomic mass is 14.5. The number of hydrogen-bond donors (Lipinski definition) is 0. The van der Waals surface area contributed by atoms with Gasteiger partial charge in [0, 0.05) is 0 Å². The maximum absolute atomic E-state index is 2.55. The molecule has 0 bridgehead atoms. The maximum Gasteiger partial charge on any atom is -0.0272 e. The lowest BCUT2D eigenvalue weighted by atomic mass is 9.65. The zero-order valence-corrected chi connectivity index (χ0v) is 10.2. The number of hydrogen-bond acceptors (Lipinski definition) is 0. The molecular weight excluding hydrogens is 168 g/mol. The van der Waals surface area contributed by atoms with Crippen molar-refractivity contribution in [1.29, 1.82) is 0 Å². The van der Waals surface area contributed by atoms with Gasteiger partial charge in [0.25, 0.3) is 0 Å². The first kappa shape index (κ1) is 10.5. The lowest BCUT2D eigenvalue weighted by Crippen LogP contribution is -2.31. The second-order valence-corrected chi connectivity index (χ2v) is 6.65. The van der Waals surface area contributed by atoms with Crippen molar-refractivity contribution in [2.45, 2.75) is 72.1 Å². The summed E-state index contributed by atoms with van der Waals surface area (Å²) in [5, 5.41) is 0. The molecule has 1 unspecified atom stereocenters. The largest absolute Gasteiger partial charge is 0.0594 e. The molecule has 2 rings (SSSR count). The highest BCUT2D eigenvalue weighted by Gasteiger charge is 2.45. The van der Waals surface area contributed by atoms with Gasteiger partial charge in [0.1, 0.15) is 0 Å².